The van der Waals surface area contributed by atoms with Gasteiger partial charge in [-0.2, -0.15) is 4.31 Å². The van der Waals surface area contributed by atoms with Crippen molar-refractivity contribution in [1.82, 2.24) is 14.6 Å². The summed E-state index contributed by atoms with van der Waals surface area (Å²) in [7, 11) is -2.36. The Morgan fingerprint density at radius 3 is 2.35 bits per heavy atom. The van der Waals surface area contributed by atoms with Gasteiger partial charge in [0, 0.05) is 12.7 Å². The summed E-state index contributed by atoms with van der Waals surface area (Å²) in [6.07, 6.45) is 2.13. The molecule has 3 rings (SSSR count). The second kappa shape index (κ2) is 10.7. The van der Waals surface area contributed by atoms with Gasteiger partial charge < -0.3 is 10.1 Å². The van der Waals surface area contributed by atoms with Crippen molar-refractivity contribution < 1.29 is 17.9 Å². The SMILES string of the molecule is COc1ccc(S(=O)(=O)N(CCc2ccccc2)CC(=O)NCc2ccccn2)cc1. The van der Waals surface area contributed by atoms with Crippen LogP contribution in [0.3, 0.4) is 0 Å². The number of nitrogens with zero attached hydrogens (tertiary/aromatic N) is 2. The van der Waals surface area contributed by atoms with Crippen LogP contribution in [0.2, 0.25) is 0 Å². The van der Waals surface area contributed by atoms with Crippen LogP contribution in [0.5, 0.6) is 5.75 Å². The van der Waals surface area contributed by atoms with Crippen LogP contribution in [0.15, 0.2) is 83.9 Å². The van der Waals surface area contributed by atoms with Crippen molar-refractivity contribution in [3.05, 3.63) is 90.3 Å². The van der Waals surface area contributed by atoms with E-state index in [4.69, 9.17) is 4.74 Å². The number of carbonyl (C=O) groups excluding carboxylic acids is 1. The number of hydrogen-bond acceptors (Lipinski definition) is 5. The van der Waals surface area contributed by atoms with E-state index in [1.165, 1.54) is 23.5 Å². The highest BCUT2D eigenvalue weighted by molar-refractivity contribution is 7.89. The zero-order valence-electron chi connectivity index (χ0n) is 17.3. The number of benzene rings is 2. The maximum atomic E-state index is 13.3. The Kier molecular flexibility index (Phi) is 7.75. The molecule has 0 spiro atoms. The molecule has 31 heavy (non-hydrogen) atoms. The quantitative estimate of drug-likeness (QED) is 0.525. The second-order valence-corrected chi connectivity index (χ2v) is 8.79. The Bertz CT molecular complexity index is 1070. The molecule has 0 aliphatic carbocycles. The van der Waals surface area contributed by atoms with Crippen LogP contribution in [0.4, 0.5) is 0 Å². The number of amides is 1. The molecule has 0 unspecified atom stereocenters. The molecule has 0 fully saturated rings. The number of rotatable bonds is 10. The van der Waals surface area contributed by atoms with E-state index < -0.39 is 15.9 Å². The monoisotopic (exact) mass is 439 g/mol. The molecule has 1 amide bonds. The van der Waals surface area contributed by atoms with Crippen LogP contribution in [0, 0.1) is 0 Å². The Morgan fingerprint density at radius 2 is 1.71 bits per heavy atom. The molecule has 0 atom stereocenters. The van der Waals surface area contributed by atoms with Crippen molar-refractivity contribution in [2.75, 3.05) is 20.2 Å². The average Bonchev–Trinajstić information content (AvgIpc) is 2.81. The molecule has 1 N–H and O–H groups in total. The third-order valence-electron chi connectivity index (χ3n) is 4.70. The van der Waals surface area contributed by atoms with Gasteiger partial charge in [-0.3, -0.25) is 9.78 Å². The van der Waals surface area contributed by atoms with Gasteiger partial charge in [-0.15, -0.1) is 0 Å². The van der Waals surface area contributed by atoms with Gasteiger partial charge in [-0.1, -0.05) is 36.4 Å². The Morgan fingerprint density at radius 1 is 1.00 bits per heavy atom. The molecule has 1 heterocycles. The molecular weight excluding hydrogens is 414 g/mol. The third kappa shape index (κ3) is 6.37. The lowest BCUT2D eigenvalue weighted by Crippen LogP contribution is -2.41. The summed E-state index contributed by atoms with van der Waals surface area (Å²) < 4.78 is 32.8. The highest BCUT2D eigenvalue weighted by Gasteiger charge is 2.26. The standard InChI is InChI=1S/C23H25N3O4S/c1-30-21-10-12-22(13-11-21)31(28,29)26(16-14-19-7-3-2-4-8-19)18-23(27)25-17-20-9-5-6-15-24-20/h2-13,15H,14,16-18H2,1H3,(H,25,27). The van der Waals surface area contributed by atoms with E-state index in [1.807, 2.05) is 36.4 Å². The minimum Gasteiger partial charge on any atom is -0.497 e. The van der Waals surface area contributed by atoms with Gasteiger partial charge in [0.1, 0.15) is 5.75 Å². The van der Waals surface area contributed by atoms with Crippen LogP contribution >= 0.6 is 0 Å². The van der Waals surface area contributed by atoms with Crippen molar-refractivity contribution in [2.24, 2.45) is 0 Å². The fourth-order valence-electron chi connectivity index (χ4n) is 2.99. The molecule has 162 valence electrons. The minimum absolute atomic E-state index is 0.110. The smallest absolute Gasteiger partial charge is 0.243 e. The third-order valence-corrected chi connectivity index (χ3v) is 6.56. The molecule has 0 aliphatic rings. The lowest BCUT2D eigenvalue weighted by Gasteiger charge is -2.22. The van der Waals surface area contributed by atoms with Crippen molar-refractivity contribution in [2.45, 2.75) is 17.9 Å². The Balaban J connectivity index is 1.75. The summed E-state index contributed by atoms with van der Waals surface area (Å²) in [6.45, 7) is 0.123. The summed E-state index contributed by atoms with van der Waals surface area (Å²) in [5, 5.41) is 2.74. The van der Waals surface area contributed by atoms with Gasteiger partial charge in [0.15, 0.2) is 0 Å². The van der Waals surface area contributed by atoms with Gasteiger partial charge in [-0.25, -0.2) is 8.42 Å². The van der Waals surface area contributed by atoms with E-state index in [0.717, 1.165) is 5.56 Å². The van der Waals surface area contributed by atoms with E-state index in [-0.39, 0.29) is 24.5 Å². The van der Waals surface area contributed by atoms with Gasteiger partial charge >= 0.3 is 0 Å². The lowest BCUT2D eigenvalue weighted by molar-refractivity contribution is -0.121. The molecule has 8 heteroatoms. The Labute approximate surface area is 182 Å². The molecule has 0 saturated carbocycles. The highest BCUT2D eigenvalue weighted by atomic mass is 32.2. The summed E-state index contributed by atoms with van der Waals surface area (Å²) in [5.74, 6) is 0.165. The van der Waals surface area contributed by atoms with Crippen molar-refractivity contribution >= 4 is 15.9 Å². The summed E-state index contributed by atoms with van der Waals surface area (Å²) >= 11 is 0. The first kappa shape index (κ1) is 22.5. The maximum Gasteiger partial charge on any atom is 0.243 e. The largest absolute Gasteiger partial charge is 0.497 e. The molecule has 3 aromatic rings. The predicted octanol–water partition coefficient (Wildman–Crippen LogP) is 2.64. The number of carbonyl (C=O) groups is 1. The molecule has 0 bridgehead atoms. The van der Waals surface area contributed by atoms with Crippen LogP contribution in [0.1, 0.15) is 11.3 Å². The van der Waals surface area contributed by atoms with E-state index in [0.29, 0.717) is 17.9 Å². The fourth-order valence-corrected chi connectivity index (χ4v) is 4.38. The summed E-state index contributed by atoms with van der Waals surface area (Å²) in [5.41, 5.74) is 1.69. The zero-order chi connectivity index (χ0) is 22.1. The van der Waals surface area contributed by atoms with Crippen LogP contribution in [0.25, 0.3) is 0 Å². The van der Waals surface area contributed by atoms with Crippen LogP contribution in [-0.2, 0) is 27.8 Å². The molecule has 1 aromatic heterocycles. The summed E-state index contributed by atoms with van der Waals surface area (Å²) in [6, 6.07) is 21.1. The number of sulfonamides is 1. The number of pyridine rings is 1. The first-order chi connectivity index (χ1) is 15.0. The average molecular weight is 440 g/mol. The first-order valence-corrected chi connectivity index (χ1v) is 11.3. The molecule has 2 aromatic carbocycles. The topological polar surface area (TPSA) is 88.6 Å². The first-order valence-electron chi connectivity index (χ1n) is 9.84. The van der Waals surface area contributed by atoms with Crippen molar-refractivity contribution in [3.63, 3.8) is 0 Å². The van der Waals surface area contributed by atoms with E-state index in [2.05, 4.69) is 10.3 Å². The number of hydrogen-bond donors (Lipinski definition) is 1. The molecule has 0 saturated heterocycles. The van der Waals surface area contributed by atoms with Crippen LogP contribution in [-0.4, -0.2) is 43.8 Å². The maximum absolute atomic E-state index is 13.3. The van der Waals surface area contributed by atoms with Gasteiger partial charge in [0.05, 0.1) is 30.8 Å². The normalized spacial score (nSPS) is 11.3. The summed E-state index contributed by atoms with van der Waals surface area (Å²) in [4.78, 5) is 16.8. The Hall–Kier alpha value is -3.23. The fraction of sp³-hybridized carbons (Fsp3) is 0.217. The number of aromatic nitrogens is 1. The van der Waals surface area contributed by atoms with Gasteiger partial charge in [0.2, 0.25) is 15.9 Å². The number of nitrogens with one attached hydrogen (secondary N) is 1. The highest BCUT2D eigenvalue weighted by Crippen LogP contribution is 2.20. The lowest BCUT2D eigenvalue weighted by atomic mass is 10.1. The molecule has 7 nitrogen and oxygen atoms in total. The van der Waals surface area contributed by atoms with Crippen molar-refractivity contribution in [1.29, 1.82) is 0 Å². The van der Waals surface area contributed by atoms with Crippen molar-refractivity contribution in [3.8, 4) is 5.75 Å². The zero-order valence-corrected chi connectivity index (χ0v) is 18.1. The predicted molar refractivity (Wildman–Crippen MR) is 118 cm³/mol. The van der Waals surface area contributed by atoms with Gasteiger partial charge in [0.25, 0.3) is 0 Å². The molecule has 0 radical (unpaired) electrons. The molecular formula is C23H25N3O4S. The van der Waals surface area contributed by atoms with Crippen LogP contribution < -0.4 is 10.1 Å². The number of ether oxygens (including phenoxy) is 1. The second-order valence-electron chi connectivity index (χ2n) is 6.85. The molecule has 0 aliphatic heterocycles. The minimum atomic E-state index is -3.87. The van der Waals surface area contributed by atoms with E-state index in [1.54, 1.807) is 30.5 Å². The number of methoxy groups -OCH3 is 1. The van der Waals surface area contributed by atoms with E-state index >= 15 is 0 Å². The van der Waals surface area contributed by atoms with E-state index in [9.17, 15) is 13.2 Å². The van der Waals surface area contributed by atoms with Gasteiger partial charge in [-0.05, 0) is 48.4 Å².